The molecule has 0 saturated carbocycles. The smallest absolute Gasteiger partial charge is 0.227 e. The zero-order valence-corrected chi connectivity index (χ0v) is 18.4. The number of rotatable bonds is 7. The highest BCUT2D eigenvalue weighted by Gasteiger charge is 2.17. The van der Waals surface area contributed by atoms with E-state index in [9.17, 15) is 13.2 Å². The molecule has 0 unspecified atom stereocenters. The Balaban J connectivity index is 1.59. The number of thiazole rings is 1. The number of sulfone groups is 1. The molecular formula is C21H21ClN2O3S2. The van der Waals surface area contributed by atoms with Gasteiger partial charge in [0.15, 0.2) is 15.0 Å². The van der Waals surface area contributed by atoms with E-state index in [2.05, 4.69) is 36.3 Å². The number of anilines is 1. The van der Waals surface area contributed by atoms with Gasteiger partial charge < -0.3 is 5.32 Å². The average Bonchev–Trinajstić information content (AvgIpc) is 3.15. The highest BCUT2D eigenvalue weighted by Crippen LogP contribution is 2.26. The van der Waals surface area contributed by atoms with Crippen molar-refractivity contribution in [1.82, 2.24) is 4.98 Å². The van der Waals surface area contributed by atoms with Crippen molar-refractivity contribution >= 4 is 43.8 Å². The second-order valence-corrected chi connectivity index (χ2v) is 10.3. The summed E-state index contributed by atoms with van der Waals surface area (Å²) >= 11 is 7.09. The molecule has 0 aliphatic carbocycles. The number of halogens is 1. The van der Waals surface area contributed by atoms with Gasteiger partial charge in [0.25, 0.3) is 0 Å². The molecule has 1 heterocycles. The van der Waals surface area contributed by atoms with Crippen LogP contribution in [0.4, 0.5) is 5.13 Å². The Bertz CT molecular complexity index is 1090. The summed E-state index contributed by atoms with van der Waals surface area (Å²) in [7, 11) is -3.55. The molecule has 29 heavy (non-hydrogen) atoms. The molecule has 0 radical (unpaired) electrons. The van der Waals surface area contributed by atoms with E-state index < -0.39 is 15.7 Å². The van der Waals surface area contributed by atoms with Crippen molar-refractivity contribution in [3.63, 3.8) is 0 Å². The van der Waals surface area contributed by atoms with Gasteiger partial charge in [-0.2, -0.15) is 0 Å². The number of benzene rings is 2. The fourth-order valence-electron chi connectivity index (χ4n) is 2.67. The molecule has 5 nitrogen and oxygen atoms in total. The predicted octanol–water partition coefficient (Wildman–Crippen LogP) is 5.39. The van der Waals surface area contributed by atoms with Crippen molar-refractivity contribution in [2.24, 2.45) is 0 Å². The SMILES string of the molecule is CC(C)c1ccc(-c2csc(NC(=O)CCS(=O)(=O)c3ccc(Cl)cc3)n2)cc1. The Morgan fingerprint density at radius 2 is 1.76 bits per heavy atom. The first-order valence-corrected chi connectivity index (χ1v) is 12.0. The Hall–Kier alpha value is -2.22. The lowest BCUT2D eigenvalue weighted by Gasteiger charge is -2.06. The summed E-state index contributed by atoms with van der Waals surface area (Å²) in [6.07, 6.45) is -0.150. The van der Waals surface area contributed by atoms with Gasteiger partial charge in [-0.15, -0.1) is 11.3 Å². The van der Waals surface area contributed by atoms with Gasteiger partial charge in [0, 0.05) is 22.4 Å². The molecule has 0 bridgehead atoms. The van der Waals surface area contributed by atoms with Gasteiger partial charge in [-0.1, -0.05) is 49.7 Å². The van der Waals surface area contributed by atoms with E-state index in [4.69, 9.17) is 11.6 Å². The standard InChI is InChI=1S/C21H21ClN2O3S2/c1-14(2)15-3-5-16(6-4-15)19-13-28-21(23-19)24-20(25)11-12-29(26,27)18-9-7-17(22)8-10-18/h3-10,13-14H,11-12H2,1-2H3,(H,23,24,25). The first-order chi connectivity index (χ1) is 13.7. The fraction of sp³-hybridized carbons (Fsp3) is 0.238. The maximum Gasteiger partial charge on any atom is 0.227 e. The van der Waals surface area contributed by atoms with Crippen LogP contribution in [0.15, 0.2) is 58.8 Å². The van der Waals surface area contributed by atoms with Crippen LogP contribution >= 0.6 is 22.9 Å². The fourth-order valence-corrected chi connectivity index (χ4v) is 4.77. The van der Waals surface area contributed by atoms with Crippen molar-refractivity contribution in [3.8, 4) is 11.3 Å². The normalized spacial score (nSPS) is 11.6. The Kier molecular flexibility index (Phi) is 6.72. The van der Waals surface area contributed by atoms with Crippen LogP contribution in [0.2, 0.25) is 5.02 Å². The molecule has 0 saturated heterocycles. The maximum atomic E-state index is 12.3. The molecule has 0 fully saturated rings. The summed E-state index contributed by atoms with van der Waals surface area (Å²) in [5, 5.41) is 5.45. The minimum Gasteiger partial charge on any atom is -0.302 e. The summed E-state index contributed by atoms with van der Waals surface area (Å²) in [5.74, 6) is -0.216. The molecule has 152 valence electrons. The second kappa shape index (κ2) is 9.07. The topological polar surface area (TPSA) is 76.1 Å². The van der Waals surface area contributed by atoms with Crippen LogP contribution in [0, 0.1) is 0 Å². The molecule has 8 heteroatoms. The van der Waals surface area contributed by atoms with E-state index in [1.807, 2.05) is 17.5 Å². The second-order valence-electron chi connectivity index (χ2n) is 6.89. The third-order valence-electron chi connectivity index (χ3n) is 4.39. The molecular weight excluding hydrogens is 428 g/mol. The third kappa shape index (κ3) is 5.65. The first-order valence-electron chi connectivity index (χ1n) is 9.08. The van der Waals surface area contributed by atoms with Crippen LogP contribution in [0.5, 0.6) is 0 Å². The Labute approximate surface area is 179 Å². The van der Waals surface area contributed by atoms with E-state index >= 15 is 0 Å². The number of amides is 1. The average molecular weight is 449 g/mol. The van der Waals surface area contributed by atoms with Gasteiger partial charge >= 0.3 is 0 Å². The summed E-state index contributed by atoms with van der Waals surface area (Å²) in [6.45, 7) is 4.28. The van der Waals surface area contributed by atoms with Gasteiger partial charge in [-0.05, 0) is 35.7 Å². The summed E-state index contributed by atoms with van der Waals surface area (Å²) < 4.78 is 24.7. The number of aromatic nitrogens is 1. The van der Waals surface area contributed by atoms with Gasteiger partial charge in [0.1, 0.15) is 0 Å². The van der Waals surface area contributed by atoms with E-state index in [0.717, 1.165) is 11.3 Å². The predicted molar refractivity (Wildman–Crippen MR) is 118 cm³/mol. The van der Waals surface area contributed by atoms with Gasteiger partial charge in [-0.3, -0.25) is 4.79 Å². The van der Waals surface area contributed by atoms with E-state index in [-0.39, 0.29) is 17.1 Å². The third-order valence-corrected chi connectivity index (χ3v) is 7.14. The zero-order chi connectivity index (χ0) is 21.0. The Morgan fingerprint density at radius 3 is 2.38 bits per heavy atom. The number of nitrogens with zero attached hydrogens (tertiary/aromatic N) is 1. The molecule has 1 N–H and O–H groups in total. The van der Waals surface area contributed by atoms with Gasteiger partial charge in [-0.25, -0.2) is 13.4 Å². The van der Waals surface area contributed by atoms with Crippen molar-refractivity contribution in [3.05, 3.63) is 64.5 Å². The van der Waals surface area contributed by atoms with Gasteiger partial charge in [0.2, 0.25) is 5.91 Å². The van der Waals surface area contributed by atoms with Crippen molar-refractivity contribution in [1.29, 1.82) is 0 Å². The first kappa shape index (κ1) is 21.5. The molecule has 0 atom stereocenters. The molecule has 3 rings (SSSR count). The summed E-state index contributed by atoms with van der Waals surface area (Å²) in [4.78, 5) is 16.8. The lowest BCUT2D eigenvalue weighted by Crippen LogP contribution is -2.17. The van der Waals surface area contributed by atoms with Crippen LogP contribution < -0.4 is 5.32 Å². The zero-order valence-electron chi connectivity index (χ0n) is 16.1. The van der Waals surface area contributed by atoms with Crippen LogP contribution in [-0.4, -0.2) is 25.1 Å². The summed E-state index contributed by atoms with van der Waals surface area (Å²) in [6, 6.07) is 14.1. The molecule has 1 amide bonds. The number of nitrogens with one attached hydrogen (secondary N) is 1. The molecule has 0 aliphatic heterocycles. The number of hydrogen-bond acceptors (Lipinski definition) is 5. The molecule has 3 aromatic rings. The van der Waals surface area contributed by atoms with Crippen LogP contribution in [-0.2, 0) is 14.6 Å². The van der Waals surface area contributed by atoms with Gasteiger partial charge in [0.05, 0.1) is 16.3 Å². The maximum absolute atomic E-state index is 12.3. The van der Waals surface area contributed by atoms with Crippen molar-refractivity contribution < 1.29 is 13.2 Å². The van der Waals surface area contributed by atoms with E-state index in [0.29, 0.717) is 16.1 Å². The molecule has 1 aromatic heterocycles. The van der Waals surface area contributed by atoms with Crippen LogP contribution in [0.1, 0.15) is 31.7 Å². The Morgan fingerprint density at radius 1 is 1.10 bits per heavy atom. The number of carbonyl (C=O) groups is 1. The minimum absolute atomic E-state index is 0.149. The van der Waals surface area contributed by atoms with Crippen molar-refractivity contribution in [2.45, 2.75) is 31.1 Å². The number of hydrogen-bond donors (Lipinski definition) is 1. The van der Waals surface area contributed by atoms with Crippen LogP contribution in [0.3, 0.4) is 0 Å². The lowest BCUT2D eigenvalue weighted by atomic mass is 10.0. The largest absolute Gasteiger partial charge is 0.302 e. The van der Waals surface area contributed by atoms with E-state index in [1.165, 1.54) is 41.2 Å². The highest BCUT2D eigenvalue weighted by molar-refractivity contribution is 7.91. The number of carbonyl (C=O) groups excluding carboxylic acids is 1. The quantitative estimate of drug-likeness (QED) is 0.525. The monoisotopic (exact) mass is 448 g/mol. The minimum atomic E-state index is -3.55. The molecule has 0 aliphatic rings. The van der Waals surface area contributed by atoms with Crippen molar-refractivity contribution in [2.75, 3.05) is 11.1 Å². The van der Waals surface area contributed by atoms with E-state index in [1.54, 1.807) is 0 Å². The summed E-state index contributed by atoms with van der Waals surface area (Å²) in [5.41, 5.74) is 2.99. The lowest BCUT2D eigenvalue weighted by molar-refractivity contribution is -0.115. The van der Waals surface area contributed by atoms with Crippen LogP contribution in [0.25, 0.3) is 11.3 Å². The molecule has 2 aromatic carbocycles. The molecule has 0 spiro atoms. The highest BCUT2D eigenvalue weighted by atomic mass is 35.5.